The van der Waals surface area contributed by atoms with Crippen molar-refractivity contribution in [2.45, 2.75) is 0 Å². The third-order valence-electron chi connectivity index (χ3n) is 2.76. The SMILES string of the molecule is N#Cc1cc2oc3ccc(Cl)cc3c(=O)c2nc1N. The van der Waals surface area contributed by atoms with Crippen LogP contribution >= 0.6 is 11.6 Å². The van der Waals surface area contributed by atoms with E-state index >= 15 is 0 Å². The fraction of sp³-hybridized carbons (Fsp3) is 0. The molecule has 5 nitrogen and oxygen atoms in total. The Balaban J connectivity index is 2.55. The summed E-state index contributed by atoms with van der Waals surface area (Å²) in [5.74, 6) is 0.00341. The summed E-state index contributed by atoms with van der Waals surface area (Å²) in [6, 6.07) is 8.03. The molecule has 0 spiro atoms. The van der Waals surface area contributed by atoms with E-state index in [0.717, 1.165) is 0 Å². The van der Waals surface area contributed by atoms with Crippen LogP contribution in [-0.2, 0) is 0 Å². The molecule has 2 heterocycles. The highest BCUT2D eigenvalue weighted by atomic mass is 35.5. The van der Waals surface area contributed by atoms with Gasteiger partial charge in [-0.25, -0.2) is 4.98 Å². The number of rotatable bonds is 0. The molecule has 0 atom stereocenters. The van der Waals surface area contributed by atoms with Gasteiger partial charge in [-0.3, -0.25) is 4.79 Å². The molecular weight excluding hydrogens is 266 g/mol. The summed E-state index contributed by atoms with van der Waals surface area (Å²) in [6.45, 7) is 0. The van der Waals surface area contributed by atoms with Crippen LogP contribution in [0.15, 0.2) is 33.5 Å². The van der Waals surface area contributed by atoms with Crippen LogP contribution in [0.3, 0.4) is 0 Å². The second kappa shape index (κ2) is 3.97. The molecule has 6 heteroatoms. The summed E-state index contributed by atoms with van der Waals surface area (Å²) < 4.78 is 5.55. The van der Waals surface area contributed by atoms with Gasteiger partial charge in [0.2, 0.25) is 5.43 Å². The minimum absolute atomic E-state index is 0.00341. The Morgan fingerprint density at radius 2 is 2.11 bits per heavy atom. The van der Waals surface area contributed by atoms with Crippen molar-refractivity contribution in [1.29, 1.82) is 5.26 Å². The zero-order valence-corrected chi connectivity index (χ0v) is 10.2. The molecule has 0 aliphatic rings. The fourth-order valence-corrected chi connectivity index (χ4v) is 2.03. The Hall–Kier alpha value is -2.58. The highest BCUT2D eigenvalue weighted by Gasteiger charge is 2.12. The van der Waals surface area contributed by atoms with Crippen LogP contribution in [0.4, 0.5) is 5.82 Å². The van der Waals surface area contributed by atoms with E-state index < -0.39 is 0 Å². The van der Waals surface area contributed by atoms with Gasteiger partial charge in [0, 0.05) is 11.1 Å². The molecule has 3 rings (SSSR count). The van der Waals surface area contributed by atoms with Crippen LogP contribution in [0.1, 0.15) is 5.56 Å². The molecule has 19 heavy (non-hydrogen) atoms. The first kappa shape index (κ1) is 11.5. The van der Waals surface area contributed by atoms with Crippen molar-refractivity contribution in [1.82, 2.24) is 4.98 Å². The lowest BCUT2D eigenvalue weighted by Gasteiger charge is -2.03. The van der Waals surface area contributed by atoms with Gasteiger partial charge in [0.25, 0.3) is 0 Å². The van der Waals surface area contributed by atoms with E-state index in [9.17, 15) is 4.79 Å². The van der Waals surface area contributed by atoms with Gasteiger partial charge in [0.1, 0.15) is 17.5 Å². The molecule has 0 amide bonds. The Labute approximate surface area is 111 Å². The van der Waals surface area contributed by atoms with Crippen LogP contribution < -0.4 is 11.2 Å². The largest absolute Gasteiger partial charge is 0.454 e. The van der Waals surface area contributed by atoms with E-state index in [1.54, 1.807) is 12.1 Å². The lowest BCUT2D eigenvalue weighted by atomic mass is 10.2. The van der Waals surface area contributed by atoms with Gasteiger partial charge in [0.05, 0.1) is 10.9 Å². The van der Waals surface area contributed by atoms with E-state index in [0.29, 0.717) is 16.0 Å². The van der Waals surface area contributed by atoms with Gasteiger partial charge in [-0.1, -0.05) is 11.6 Å². The molecule has 0 fully saturated rings. The van der Waals surface area contributed by atoms with Crippen LogP contribution in [-0.4, -0.2) is 4.98 Å². The number of benzene rings is 1. The van der Waals surface area contributed by atoms with Crippen LogP contribution in [0.25, 0.3) is 22.1 Å². The van der Waals surface area contributed by atoms with E-state index in [2.05, 4.69) is 4.98 Å². The molecule has 2 N–H and O–H groups in total. The summed E-state index contributed by atoms with van der Waals surface area (Å²) in [7, 11) is 0. The molecule has 0 aliphatic heterocycles. The van der Waals surface area contributed by atoms with E-state index in [1.807, 2.05) is 6.07 Å². The number of hydrogen-bond donors (Lipinski definition) is 1. The number of aromatic nitrogens is 1. The Morgan fingerprint density at radius 3 is 2.84 bits per heavy atom. The van der Waals surface area contributed by atoms with Crippen molar-refractivity contribution in [2.75, 3.05) is 5.73 Å². The zero-order chi connectivity index (χ0) is 13.6. The smallest absolute Gasteiger partial charge is 0.219 e. The van der Waals surface area contributed by atoms with Gasteiger partial charge in [-0.05, 0) is 18.2 Å². The second-order valence-electron chi connectivity index (χ2n) is 3.95. The number of nitriles is 1. The van der Waals surface area contributed by atoms with Crippen LogP contribution in [0.2, 0.25) is 5.02 Å². The van der Waals surface area contributed by atoms with E-state index in [4.69, 9.17) is 27.0 Å². The highest BCUT2D eigenvalue weighted by Crippen LogP contribution is 2.22. The number of nitrogens with zero attached hydrogens (tertiary/aromatic N) is 2. The van der Waals surface area contributed by atoms with Gasteiger partial charge in [-0.2, -0.15) is 5.26 Å². The predicted molar refractivity (Wildman–Crippen MR) is 71.9 cm³/mol. The molecule has 0 saturated carbocycles. The van der Waals surface area contributed by atoms with Gasteiger partial charge < -0.3 is 10.2 Å². The third-order valence-corrected chi connectivity index (χ3v) is 2.99. The Kier molecular flexibility index (Phi) is 2.40. The predicted octanol–water partition coefficient (Wildman–Crippen LogP) is 2.45. The lowest BCUT2D eigenvalue weighted by molar-refractivity contribution is 0.658. The third kappa shape index (κ3) is 1.70. The molecule has 0 bridgehead atoms. The monoisotopic (exact) mass is 271 g/mol. The average Bonchev–Trinajstić information content (AvgIpc) is 2.40. The van der Waals surface area contributed by atoms with Gasteiger partial charge in [0.15, 0.2) is 11.1 Å². The van der Waals surface area contributed by atoms with Crippen LogP contribution in [0.5, 0.6) is 0 Å². The van der Waals surface area contributed by atoms with Crippen LogP contribution in [0, 0.1) is 11.3 Å². The molecule has 0 unspecified atom stereocenters. The molecule has 0 aliphatic carbocycles. The minimum atomic E-state index is -0.324. The highest BCUT2D eigenvalue weighted by molar-refractivity contribution is 6.31. The molecule has 2 aromatic heterocycles. The van der Waals surface area contributed by atoms with Crippen molar-refractivity contribution >= 4 is 39.5 Å². The molecule has 92 valence electrons. The number of anilines is 1. The summed E-state index contributed by atoms with van der Waals surface area (Å²) in [4.78, 5) is 16.2. The second-order valence-corrected chi connectivity index (χ2v) is 4.39. The first-order chi connectivity index (χ1) is 9.10. The molecule has 3 aromatic rings. The molecule has 1 aromatic carbocycles. The average molecular weight is 272 g/mol. The standard InChI is InChI=1S/C13H6ClN3O2/c14-7-1-2-9-8(4-7)12(18)11-10(19-9)3-6(5-15)13(16)17-11/h1-4H,(H2,16,17). The maximum Gasteiger partial charge on any atom is 0.219 e. The van der Waals surface area contributed by atoms with Gasteiger partial charge in [-0.15, -0.1) is 0 Å². The summed E-state index contributed by atoms with van der Waals surface area (Å²) in [5.41, 5.74) is 6.15. The maximum absolute atomic E-state index is 12.3. The first-order valence-electron chi connectivity index (χ1n) is 5.33. The quantitative estimate of drug-likeness (QED) is 0.634. The topological polar surface area (TPSA) is 92.9 Å². The maximum atomic E-state index is 12.3. The number of fused-ring (bicyclic) bond motifs is 2. The van der Waals surface area contributed by atoms with Crippen molar-refractivity contribution in [2.24, 2.45) is 0 Å². The Bertz CT molecular complexity index is 925. The van der Waals surface area contributed by atoms with Gasteiger partial charge >= 0.3 is 0 Å². The summed E-state index contributed by atoms with van der Waals surface area (Å²) >= 11 is 5.85. The van der Waals surface area contributed by atoms with Crippen molar-refractivity contribution in [3.05, 3.63) is 45.1 Å². The number of nitrogens with two attached hydrogens (primary N) is 1. The van der Waals surface area contributed by atoms with E-state index in [1.165, 1.54) is 12.1 Å². The lowest BCUT2D eigenvalue weighted by Crippen LogP contribution is -2.06. The van der Waals surface area contributed by atoms with Crippen molar-refractivity contribution in [3.63, 3.8) is 0 Å². The number of hydrogen-bond acceptors (Lipinski definition) is 5. The van der Waals surface area contributed by atoms with E-state index in [-0.39, 0.29) is 27.9 Å². The normalized spacial score (nSPS) is 10.7. The number of halogens is 1. The fourth-order valence-electron chi connectivity index (χ4n) is 1.85. The number of nitrogen functional groups attached to an aromatic ring is 1. The van der Waals surface area contributed by atoms with Crippen molar-refractivity contribution in [3.8, 4) is 6.07 Å². The summed E-state index contributed by atoms with van der Waals surface area (Å²) in [5, 5.41) is 9.65. The minimum Gasteiger partial charge on any atom is -0.454 e. The zero-order valence-electron chi connectivity index (χ0n) is 9.48. The molecule has 0 saturated heterocycles. The summed E-state index contributed by atoms with van der Waals surface area (Å²) in [6.07, 6.45) is 0. The first-order valence-corrected chi connectivity index (χ1v) is 5.70. The molecular formula is C13H6ClN3O2. The van der Waals surface area contributed by atoms with Crippen molar-refractivity contribution < 1.29 is 4.42 Å². The number of pyridine rings is 1. The Morgan fingerprint density at radius 1 is 1.32 bits per heavy atom. The molecule has 0 radical (unpaired) electrons.